The van der Waals surface area contributed by atoms with Crippen molar-refractivity contribution in [3.63, 3.8) is 0 Å². The monoisotopic (exact) mass is 263 g/mol. The van der Waals surface area contributed by atoms with Crippen LogP contribution >= 0.6 is 0 Å². The molecule has 0 aromatic rings. The van der Waals surface area contributed by atoms with Crippen LogP contribution in [0.25, 0.3) is 0 Å². The highest BCUT2D eigenvalue weighted by molar-refractivity contribution is 7.91. The Morgan fingerprint density at radius 2 is 2.12 bits per heavy atom. The van der Waals surface area contributed by atoms with Crippen LogP contribution in [0.1, 0.15) is 39.0 Å². The average Bonchev–Trinajstić information content (AvgIpc) is 2.71. The maximum absolute atomic E-state index is 11.6. The Hall–Kier alpha value is -0.130. The van der Waals surface area contributed by atoms with E-state index in [-0.39, 0.29) is 17.9 Å². The molecule has 1 saturated carbocycles. The van der Waals surface area contributed by atoms with Gasteiger partial charge in [-0.15, -0.1) is 0 Å². The first-order chi connectivity index (χ1) is 7.95. The topological polar surface area (TPSA) is 66.4 Å². The molecule has 0 saturated heterocycles. The number of rotatable bonds is 7. The summed E-state index contributed by atoms with van der Waals surface area (Å²) in [6.45, 7) is 3.10. The van der Waals surface area contributed by atoms with Gasteiger partial charge >= 0.3 is 0 Å². The predicted molar refractivity (Wildman–Crippen MR) is 69.8 cm³/mol. The van der Waals surface area contributed by atoms with Crippen molar-refractivity contribution in [1.29, 1.82) is 0 Å². The second-order valence-electron chi connectivity index (χ2n) is 5.29. The van der Waals surface area contributed by atoms with E-state index in [0.29, 0.717) is 5.92 Å². The Kier molecular flexibility index (Phi) is 5.89. The van der Waals surface area contributed by atoms with E-state index >= 15 is 0 Å². The number of sulfone groups is 1. The zero-order valence-electron chi connectivity index (χ0n) is 10.9. The first-order valence-electron chi connectivity index (χ1n) is 6.48. The van der Waals surface area contributed by atoms with E-state index in [2.05, 4.69) is 5.32 Å². The molecule has 4 nitrogen and oxygen atoms in total. The summed E-state index contributed by atoms with van der Waals surface area (Å²) in [4.78, 5) is 0. The molecule has 1 aliphatic carbocycles. The van der Waals surface area contributed by atoms with Crippen LogP contribution in [0.15, 0.2) is 0 Å². The maximum atomic E-state index is 11.6. The Labute approximate surface area is 105 Å². The number of hydrogen-bond acceptors (Lipinski definition) is 4. The lowest BCUT2D eigenvalue weighted by atomic mass is 10.1. The van der Waals surface area contributed by atoms with Crippen molar-refractivity contribution >= 4 is 9.84 Å². The number of hydrogen-bond donors (Lipinski definition) is 2. The van der Waals surface area contributed by atoms with Crippen molar-refractivity contribution < 1.29 is 13.5 Å². The van der Waals surface area contributed by atoms with Gasteiger partial charge in [-0.3, -0.25) is 0 Å². The molecule has 102 valence electrons. The molecule has 2 N–H and O–H groups in total. The summed E-state index contributed by atoms with van der Waals surface area (Å²) in [5.74, 6) is 0.339. The van der Waals surface area contributed by atoms with Crippen LogP contribution in [0.5, 0.6) is 0 Å². The lowest BCUT2D eigenvalue weighted by Crippen LogP contribution is -2.40. The lowest BCUT2D eigenvalue weighted by molar-refractivity contribution is 0.227. The standard InChI is InChI=1S/C12H25NO3S/c1-10(9-14)5-4-8-13-11-6-3-7-12(11)17(2,15)16/h10-14H,3-9H2,1-2H3. The van der Waals surface area contributed by atoms with E-state index in [0.717, 1.165) is 38.6 Å². The van der Waals surface area contributed by atoms with Gasteiger partial charge < -0.3 is 10.4 Å². The zero-order chi connectivity index (χ0) is 12.9. The van der Waals surface area contributed by atoms with Gasteiger partial charge in [0.25, 0.3) is 0 Å². The third-order valence-electron chi connectivity index (χ3n) is 3.59. The van der Waals surface area contributed by atoms with Gasteiger partial charge in [0.05, 0.1) is 5.25 Å². The van der Waals surface area contributed by atoms with Crippen molar-refractivity contribution in [1.82, 2.24) is 5.32 Å². The summed E-state index contributed by atoms with van der Waals surface area (Å²) in [7, 11) is -2.91. The van der Waals surface area contributed by atoms with Crippen LogP contribution in [-0.2, 0) is 9.84 Å². The van der Waals surface area contributed by atoms with Gasteiger partial charge in [-0.25, -0.2) is 8.42 Å². The molecular weight excluding hydrogens is 238 g/mol. The Morgan fingerprint density at radius 3 is 2.71 bits per heavy atom. The molecule has 5 heteroatoms. The molecule has 0 aliphatic heterocycles. The van der Waals surface area contributed by atoms with E-state index < -0.39 is 9.84 Å². The summed E-state index contributed by atoms with van der Waals surface area (Å²) in [5, 5.41) is 12.1. The fourth-order valence-corrected chi connectivity index (χ4v) is 3.93. The SMILES string of the molecule is CC(CO)CCCNC1CCCC1S(C)(=O)=O. The molecule has 1 fully saturated rings. The largest absolute Gasteiger partial charge is 0.396 e. The number of nitrogens with one attached hydrogen (secondary N) is 1. The number of aliphatic hydroxyl groups is 1. The predicted octanol–water partition coefficient (Wildman–Crippen LogP) is 0.950. The van der Waals surface area contributed by atoms with Gasteiger partial charge in [0.1, 0.15) is 0 Å². The molecular formula is C12H25NO3S. The minimum Gasteiger partial charge on any atom is -0.396 e. The highest BCUT2D eigenvalue weighted by atomic mass is 32.2. The fourth-order valence-electron chi connectivity index (χ4n) is 2.50. The van der Waals surface area contributed by atoms with Gasteiger partial charge in [-0.05, 0) is 38.1 Å². The Balaban J connectivity index is 2.27. The minimum absolute atomic E-state index is 0.134. The lowest BCUT2D eigenvalue weighted by Gasteiger charge is -2.19. The van der Waals surface area contributed by atoms with Gasteiger partial charge in [0.2, 0.25) is 0 Å². The van der Waals surface area contributed by atoms with E-state index in [1.54, 1.807) is 0 Å². The van der Waals surface area contributed by atoms with Gasteiger partial charge in [-0.1, -0.05) is 13.3 Å². The smallest absolute Gasteiger partial charge is 0.151 e. The van der Waals surface area contributed by atoms with Crippen molar-refractivity contribution in [2.45, 2.75) is 50.3 Å². The molecule has 0 aromatic carbocycles. The van der Waals surface area contributed by atoms with Crippen molar-refractivity contribution in [3.05, 3.63) is 0 Å². The molecule has 0 radical (unpaired) electrons. The van der Waals surface area contributed by atoms with E-state index in [4.69, 9.17) is 5.11 Å². The molecule has 3 atom stereocenters. The maximum Gasteiger partial charge on any atom is 0.151 e. The summed E-state index contributed by atoms with van der Waals surface area (Å²) in [5.41, 5.74) is 0. The van der Waals surface area contributed by atoms with Crippen molar-refractivity contribution in [3.8, 4) is 0 Å². The molecule has 0 amide bonds. The van der Waals surface area contributed by atoms with Crippen LogP contribution in [0.4, 0.5) is 0 Å². The van der Waals surface area contributed by atoms with Crippen LogP contribution in [-0.4, -0.2) is 44.2 Å². The van der Waals surface area contributed by atoms with E-state index in [1.807, 2.05) is 6.92 Å². The molecule has 17 heavy (non-hydrogen) atoms. The molecule has 0 aromatic heterocycles. The quantitative estimate of drug-likeness (QED) is 0.671. The molecule has 0 heterocycles. The summed E-state index contributed by atoms with van der Waals surface area (Å²) >= 11 is 0. The third-order valence-corrected chi connectivity index (χ3v) is 5.26. The summed E-state index contributed by atoms with van der Waals surface area (Å²) in [6, 6.07) is 0.134. The second-order valence-corrected chi connectivity index (χ2v) is 7.55. The highest BCUT2D eigenvalue weighted by Gasteiger charge is 2.34. The molecule has 0 spiro atoms. The summed E-state index contributed by atoms with van der Waals surface area (Å²) < 4.78 is 23.1. The van der Waals surface area contributed by atoms with E-state index in [1.165, 1.54) is 6.26 Å². The molecule has 1 aliphatic rings. The normalized spacial score (nSPS) is 27.2. The van der Waals surface area contributed by atoms with Gasteiger partial charge in [-0.2, -0.15) is 0 Å². The van der Waals surface area contributed by atoms with Crippen LogP contribution in [0.3, 0.4) is 0 Å². The summed E-state index contributed by atoms with van der Waals surface area (Å²) in [6.07, 6.45) is 6.08. The van der Waals surface area contributed by atoms with Crippen LogP contribution in [0.2, 0.25) is 0 Å². The second kappa shape index (κ2) is 6.71. The average molecular weight is 263 g/mol. The van der Waals surface area contributed by atoms with Crippen molar-refractivity contribution in [2.75, 3.05) is 19.4 Å². The third kappa shape index (κ3) is 4.94. The minimum atomic E-state index is -2.91. The highest BCUT2D eigenvalue weighted by Crippen LogP contribution is 2.25. The Bertz CT molecular complexity index is 316. The van der Waals surface area contributed by atoms with Crippen LogP contribution in [0, 0.1) is 5.92 Å². The fraction of sp³-hybridized carbons (Fsp3) is 1.00. The first-order valence-corrected chi connectivity index (χ1v) is 8.43. The zero-order valence-corrected chi connectivity index (χ0v) is 11.7. The van der Waals surface area contributed by atoms with Crippen molar-refractivity contribution in [2.24, 2.45) is 5.92 Å². The van der Waals surface area contributed by atoms with Crippen LogP contribution < -0.4 is 5.32 Å². The van der Waals surface area contributed by atoms with E-state index in [9.17, 15) is 8.42 Å². The molecule has 1 rings (SSSR count). The molecule has 3 unspecified atom stereocenters. The number of aliphatic hydroxyl groups excluding tert-OH is 1. The van der Waals surface area contributed by atoms with Gasteiger partial charge in [0, 0.05) is 18.9 Å². The van der Waals surface area contributed by atoms with Gasteiger partial charge in [0.15, 0.2) is 9.84 Å². The first kappa shape index (κ1) is 14.9. The molecule has 0 bridgehead atoms. The Morgan fingerprint density at radius 1 is 1.41 bits per heavy atom.